The van der Waals surface area contributed by atoms with E-state index in [9.17, 15) is 0 Å². The highest BCUT2D eigenvalue weighted by molar-refractivity contribution is 9.10. The quantitative estimate of drug-likeness (QED) is 0.869. The van der Waals surface area contributed by atoms with E-state index in [1.54, 1.807) is 0 Å². The SMILES string of the molecule is CNC(CCN1CCOC(C)C1)c1ccc(Br)cc1Cl. The molecule has 2 rings (SSSR count). The molecule has 0 saturated carbocycles. The monoisotopic (exact) mass is 360 g/mol. The van der Waals surface area contributed by atoms with E-state index in [0.717, 1.165) is 42.2 Å². The number of ether oxygens (including phenoxy) is 1. The summed E-state index contributed by atoms with van der Waals surface area (Å²) >= 11 is 9.79. The largest absolute Gasteiger partial charge is 0.376 e. The van der Waals surface area contributed by atoms with Crippen molar-refractivity contribution in [3.63, 3.8) is 0 Å². The summed E-state index contributed by atoms with van der Waals surface area (Å²) in [7, 11) is 1.99. The molecule has 1 aliphatic heterocycles. The Kier molecular flexibility index (Phi) is 6.30. The first-order chi connectivity index (χ1) is 9.60. The summed E-state index contributed by atoms with van der Waals surface area (Å²) in [4.78, 5) is 2.46. The average molecular weight is 362 g/mol. The normalized spacial score (nSPS) is 21.9. The molecule has 0 amide bonds. The van der Waals surface area contributed by atoms with Crippen LogP contribution in [0.5, 0.6) is 0 Å². The minimum Gasteiger partial charge on any atom is -0.376 e. The molecule has 1 fully saturated rings. The number of rotatable bonds is 5. The number of halogens is 2. The molecule has 0 spiro atoms. The van der Waals surface area contributed by atoms with Crippen LogP contribution in [0.1, 0.15) is 24.9 Å². The molecule has 0 aliphatic carbocycles. The predicted octanol–water partition coefficient (Wildman–Crippen LogP) is 3.47. The lowest BCUT2D eigenvalue weighted by atomic mass is 10.0. The third-order valence-corrected chi connectivity index (χ3v) is 4.57. The first-order valence-corrected chi connectivity index (χ1v) is 8.23. The lowest BCUT2D eigenvalue weighted by Crippen LogP contribution is -2.42. The molecular weight excluding hydrogens is 340 g/mol. The highest BCUT2D eigenvalue weighted by atomic mass is 79.9. The van der Waals surface area contributed by atoms with Gasteiger partial charge in [-0.2, -0.15) is 0 Å². The Labute approximate surface area is 134 Å². The standard InChI is InChI=1S/C15H22BrClN2O/c1-11-10-19(7-8-20-11)6-5-15(18-2)13-4-3-12(16)9-14(13)17/h3-4,9,11,15,18H,5-8,10H2,1-2H3. The van der Waals surface area contributed by atoms with Gasteiger partial charge in [0, 0.05) is 35.2 Å². The second-order valence-electron chi connectivity index (χ2n) is 5.28. The van der Waals surface area contributed by atoms with Gasteiger partial charge in [0.2, 0.25) is 0 Å². The fraction of sp³-hybridized carbons (Fsp3) is 0.600. The van der Waals surface area contributed by atoms with E-state index in [4.69, 9.17) is 16.3 Å². The molecule has 0 radical (unpaired) electrons. The Morgan fingerprint density at radius 3 is 3.00 bits per heavy atom. The molecule has 3 nitrogen and oxygen atoms in total. The number of nitrogens with zero attached hydrogens (tertiary/aromatic N) is 1. The van der Waals surface area contributed by atoms with Gasteiger partial charge in [0.25, 0.3) is 0 Å². The van der Waals surface area contributed by atoms with Crippen LogP contribution < -0.4 is 5.32 Å². The Bertz CT molecular complexity index is 444. The van der Waals surface area contributed by atoms with Crippen molar-refractivity contribution in [2.24, 2.45) is 0 Å². The van der Waals surface area contributed by atoms with Crippen LogP contribution in [-0.2, 0) is 4.74 Å². The molecule has 1 N–H and O–H groups in total. The van der Waals surface area contributed by atoms with Gasteiger partial charge in [-0.1, -0.05) is 33.6 Å². The molecule has 1 heterocycles. The average Bonchev–Trinajstić information content (AvgIpc) is 2.41. The molecule has 1 aromatic rings. The van der Waals surface area contributed by atoms with Crippen LogP contribution in [0.15, 0.2) is 22.7 Å². The lowest BCUT2D eigenvalue weighted by Gasteiger charge is -2.32. The van der Waals surface area contributed by atoms with Crippen LogP contribution in [0.25, 0.3) is 0 Å². The maximum atomic E-state index is 6.34. The molecule has 5 heteroatoms. The molecule has 0 aromatic heterocycles. The highest BCUT2D eigenvalue weighted by Gasteiger charge is 2.19. The topological polar surface area (TPSA) is 24.5 Å². The minimum atomic E-state index is 0.286. The summed E-state index contributed by atoms with van der Waals surface area (Å²) in [5, 5.41) is 4.19. The Morgan fingerprint density at radius 1 is 1.55 bits per heavy atom. The third kappa shape index (κ3) is 4.43. The number of benzene rings is 1. The van der Waals surface area contributed by atoms with Crippen molar-refractivity contribution in [3.8, 4) is 0 Å². The van der Waals surface area contributed by atoms with Gasteiger partial charge >= 0.3 is 0 Å². The van der Waals surface area contributed by atoms with Crippen molar-refractivity contribution in [2.75, 3.05) is 33.3 Å². The Hall–Kier alpha value is -0.130. The zero-order valence-electron chi connectivity index (χ0n) is 12.0. The lowest BCUT2D eigenvalue weighted by molar-refractivity contribution is -0.0191. The van der Waals surface area contributed by atoms with Gasteiger partial charge in [-0.15, -0.1) is 0 Å². The van der Waals surface area contributed by atoms with Crippen molar-refractivity contribution in [1.82, 2.24) is 10.2 Å². The van der Waals surface area contributed by atoms with Crippen LogP contribution in [0.2, 0.25) is 5.02 Å². The summed E-state index contributed by atoms with van der Waals surface area (Å²) in [6.07, 6.45) is 1.39. The van der Waals surface area contributed by atoms with Crippen LogP contribution in [0.4, 0.5) is 0 Å². The van der Waals surface area contributed by atoms with Crippen molar-refractivity contribution in [3.05, 3.63) is 33.3 Å². The van der Waals surface area contributed by atoms with Gasteiger partial charge < -0.3 is 10.1 Å². The van der Waals surface area contributed by atoms with Crippen LogP contribution >= 0.6 is 27.5 Å². The summed E-state index contributed by atoms with van der Waals surface area (Å²) < 4.78 is 6.59. The van der Waals surface area contributed by atoms with Gasteiger partial charge in [0.15, 0.2) is 0 Å². The highest BCUT2D eigenvalue weighted by Crippen LogP contribution is 2.28. The van der Waals surface area contributed by atoms with Gasteiger partial charge in [0.05, 0.1) is 12.7 Å². The van der Waals surface area contributed by atoms with E-state index >= 15 is 0 Å². The van der Waals surface area contributed by atoms with E-state index in [2.05, 4.69) is 39.1 Å². The van der Waals surface area contributed by atoms with E-state index in [1.165, 1.54) is 5.56 Å². The molecular formula is C15H22BrClN2O. The third-order valence-electron chi connectivity index (χ3n) is 3.75. The smallest absolute Gasteiger partial charge is 0.0674 e. The van der Waals surface area contributed by atoms with Gasteiger partial charge in [-0.3, -0.25) is 4.90 Å². The van der Waals surface area contributed by atoms with E-state index < -0.39 is 0 Å². The first-order valence-electron chi connectivity index (χ1n) is 7.06. The maximum absolute atomic E-state index is 6.34. The Morgan fingerprint density at radius 2 is 2.35 bits per heavy atom. The molecule has 1 saturated heterocycles. The molecule has 1 aromatic carbocycles. The fourth-order valence-corrected chi connectivity index (χ4v) is 3.45. The molecule has 1 aliphatic rings. The second kappa shape index (κ2) is 7.76. The van der Waals surface area contributed by atoms with E-state index in [0.29, 0.717) is 6.10 Å². The number of hydrogen-bond donors (Lipinski definition) is 1. The predicted molar refractivity (Wildman–Crippen MR) is 87.4 cm³/mol. The van der Waals surface area contributed by atoms with Crippen molar-refractivity contribution >= 4 is 27.5 Å². The van der Waals surface area contributed by atoms with Crippen LogP contribution in [0, 0.1) is 0 Å². The zero-order valence-corrected chi connectivity index (χ0v) is 14.4. The van der Waals surface area contributed by atoms with Gasteiger partial charge in [0.1, 0.15) is 0 Å². The summed E-state index contributed by atoms with van der Waals surface area (Å²) in [5.41, 5.74) is 1.17. The molecule has 20 heavy (non-hydrogen) atoms. The van der Waals surface area contributed by atoms with Crippen molar-refractivity contribution in [1.29, 1.82) is 0 Å². The molecule has 0 bridgehead atoms. The number of morpholine rings is 1. The van der Waals surface area contributed by atoms with Gasteiger partial charge in [-0.05, 0) is 38.1 Å². The molecule has 112 valence electrons. The zero-order chi connectivity index (χ0) is 14.5. The van der Waals surface area contributed by atoms with Crippen LogP contribution in [-0.4, -0.2) is 44.3 Å². The van der Waals surface area contributed by atoms with Gasteiger partial charge in [-0.25, -0.2) is 0 Å². The number of hydrogen-bond acceptors (Lipinski definition) is 3. The first kappa shape index (κ1) is 16.2. The molecule has 2 unspecified atom stereocenters. The molecule has 2 atom stereocenters. The minimum absolute atomic E-state index is 0.286. The van der Waals surface area contributed by atoms with Crippen LogP contribution in [0.3, 0.4) is 0 Å². The second-order valence-corrected chi connectivity index (χ2v) is 6.60. The van der Waals surface area contributed by atoms with Crippen molar-refractivity contribution < 1.29 is 4.74 Å². The maximum Gasteiger partial charge on any atom is 0.0674 e. The summed E-state index contributed by atoms with van der Waals surface area (Å²) in [6, 6.07) is 6.38. The fourth-order valence-electron chi connectivity index (χ4n) is 2.64. The Balaban J connectivity index is 1.94. The summed E-state index contributed by atoms with van der Waals surface area (Å²) in [5.74, 6) is 0. The van der Waals surface area contributed by atoms with E-state index in [1.807, 2.05) is 19.2 Å². The number of nitrogens with one attached hydrogen (secondary N) is 1. The summed E-state index contributed by atoms with van der Waals surface area (Å²) in [6.45, 7) is 6.07. The van der Waals surface area contributed by atoms with Crippen molar-refractivity contribution in [2.45, 2.75) is 25.5 Å². The van der Waals surface area contributed by atoms with E-state index in [-0.39, 0.29) is 6.04 Å².